The normalized spacial score (nSPS) is 19.2. The van der Waals surface area contributed by atoms with Crippen LogP contribution in [-0.4, -0.2) is 66.5 Å². The Kier molecular flexibility index (Phi) is 7.33. The highest BCUT2D eigenvalue weighted by molar-refractivity contribution is 6.27. The van der Waals surface area contributed by atoms with Gasteiger partial charge in [-0.2, -0.15) is 5.10 Å². The molecule has 1 aromatic carbocycles. The second-order valence-corrected chi connectivity index (χ2v) is 11.5. The Morgan fingerprint density at radius 2 is 1.79 bits per heavy atom. The van der Waals surface area contributed by atoms with Crippen LogP contribution in [0.2, 0.25) is 0 Å². The number of fused-ring (bicyclic) bond motifs is 1. The Balaban J connectivity index is 1.20. The van der Waals surface area contributed by atoms with Gasteiger partial charge < -0.3 is 15.0 Å². The van der Waals surface area contributed by atoms with Crippen LogP contribution in [0.4, 0.5) is 8.78 Å². The second-order valence-electron chi connectivity index (χ2n) is 11.2. The van der Waals surface area contributed by atoms with Crippen molar-refractivity contribution in [2.24, 2.45) is 11.8 Å². The maximum Gasteiger partial charge on any atom is 0.257 e. The lowest BCUT2D eigenvalue weighted by Crippen LogP contribution is -2.42. The molecule has 1 saturated carbocycles. The average molecular weight is 608 g/mol. The zero-order chi connectivity index (χ0) is 30.5. The van der Waals surface area contributed by atoms with Crippen molar-refractivity contribution < 1.29 is 23.1 Å². The number of rotatable bonds is 8. The van der Waals surface area contributed by atoms with Crippen molar-refractivity contribution in [1.82, 2.24) is 34.9 Å². The minimum Gasteiger partial charge on any atom is -0.474 e. The number of aromatic nitrogens is 5. The molecule has 2 fully saturated rings. The van der Waals surface area contributed by atoms with Gasteiger partial charge in [0, 0.05) is 60.7 Å². The number of benzene rings is 1. The van der Waals surface area contributed by atoms with E-state index in [4.69, 9.17) is 16.3 Å². The van der Waals surface area contributed by atoms with Gasteiger partial charge in [-0.15, -0.1) is 11.6 Å². The first kappa shape index (κ1) is 28.7. The van der Waals surface area contributed by atoms with Crippen molar-refractivity contribution in [2.45, 2.75) is 32.4 Å². The minimum absolute atomic E-state index is 0.0294. The highest BCUT2D eigenvalue weighted by Crippen LogP contribution is 2.48. The molecule has 43 heavy (non-hydrogen) atoms. The predicted molar refractivity (Wildman–Crippen MR) is 153 cm³/mol. The maximum atomic E-state index is 15.9. The third kappa shape index (κ3) is 5.54. The van der Waals surface area contributed by atoms with Crippen LogP contribution in [0.25, 0.3) is 17.2 Å². The van der Waals surface area contributed by atoms with E-state index >= 15 is 4.39 Å². The van der Waals surface area contributed by atoms with Crippen LogP contribution < -0.4 is 10.1 Å². The van der Waals surface area contributed by atoms with E-state index in [2.05, 4.69) is 25.4 Å². The summed E-state index contributed by atoms with van der Waals surface area (Å²) in [7, 11) is 0. The molecule has 1 aliphatic carbocycles. The summed E-state index contributed by atoms with van der Waals surface area (Å²) < 4.78 is 37.2. The first-order valence-electron chi connectivity index (χ1n) is 13.7. The first-order valence-corrected chi connectivity index (χ1v) is 14.2. The van der Waals surface area contributed by atoms with Crippen molar-refractivity contribution in [3.8, 4) is 23.1 Å². The summed E-state index contributed by atoms with van der Waals surface area (Å²) in [5.74, 6) is -1.33. The number of carbonyl (C=O) groups excluding carboxylic acids is 2. The van der Waals surface area contributed by atoms with E-state index in [1.807, 2.05) is 0 Å². The molecule has 2 aliphatic rings. The number of hydrogen-bond acceptors (Lipinski definition) is 7. The number of likely N-dealkylation sites (tertiary alicyclic amines) is 1. The van der Waals surface area contributed by atoms with Crippen LogP contribution in [0, 0.1) is 30.4 Å². The lowest BCUT2D eigenvalue weighted by Gasteiger charge is -2.28. The zero-order valence-electron chi connectivity index (χ0n) is 23.6. The summed E-state index contributed by atoms with van der Waals surface area (Å²) in [6, 6.07) is 8.48. The van der Waals surface area contributed by atoms with Gasteiger partial charge in [0.2, 0.25) is 17.7 Å². The number of ether oxygens (including phenoxy) is 1. The largest absolute Gasteiger partial charge is 0.474 e. The molecule has 4 heterocycles. The number of alkyl halides is 1. The van der Waals surface area contributed by atoms with Crippen molar-refractivity contribution >= 4 is 23.4 Å². The topological polar surface area (TPSA) is 115 Å². The quantitative estimate of drug-likeness (QED) is 0.301. The molecule has 0 bridgehead atoms. The van der Waals surface area contributed by atoms with Crippen molar-refractivity contribution in [3.05, 3.63) is 83.4 Å². The predicted octanol–water partition coefficient (Wildman–Crippen LogP) is 4.05. The fraction of sp³-hybridized carbons (Fsp3) is 0.333. The van der Waals surface area contributed by atoms with E-state index in [1.54, 1.807) is 50.3 Å². The van der Waals surface area contributed by atoms with E-state index in [9.17, 15) is 14.0 Å². The number of aryl methyl sites for hydroxylation is 1. The molecule has 3 atom stereocenters. The van der Waals surface area contributed by atoms with Gasteiger partial charge in [0.25, 0.3) is 5.91 Å². The Bertz CT molecular complexity index is 1690. The molecular weight excluding hydrogens is 580 g/mol. The van der Waals surface area contributed by atoms with Crippen molar-refractivity contribution in [1.29, 1.82) is 0 Å². The number of hydrogen-bond donors (Lipinski definition) is 1. The molecule has 2 amide bonds. The van der Waals surface area contributed by atoms with Gasteiger partial charge in [-0.1, -0.05) is 0 Å². The van der Waals surface area contributed by atoms with Crippen LogP contribution in [0.3, 0.4) is 0 Å². The Morgan fingerprint density at radius 3 is 2.44 bits per heavy atom. The third-order valence-corrected chi connectivity index (χ3v) is 8.09. The van der Waals surface area contributed by atoms with Crippen LogP contribution in [0.1, 0.15) is 35.5 Å². The Morgan fingerprint density at radius 1 is 1.12 bits per heavy atom. The molecule has 13 heteroatoms. The lowest BCUT2D eigenvalue weighted by atomic mass is 9.92. The van der Waals surface area contributed by atoms with Crippen molar-refractivity contribution in [2.75, 3.05) is 19.0 Å². The number of pyridine rings is 1. The summed E-state index contributed by atoms with van der Waals surface area (Å²) in [4.78, 5) is 40.0. The molecule has 6 rings (SSSR count). The molecule has 222 valence electrons. The molecule has 1 saturated heterocycles. The standard InChI is InChI=1S/C30H28ClF2N7O3/c1-16-19(15-40(38-16)29-34-9-4-10-35-29)28(42)39-13-20-21(14-39)27(20)43-24-11-22(30(2,3)37-23(41)12-31)25(33)26(36-24)17-5-7-18(32)8-6-17/h4-11,15,20-21,27H,12-14H2,1-3H3,(H,37,41)/t20-,21+,27+. The molecule has 0 spiro atoms. The smallest absolute Gasteiger partial charge is 0.257 e. The van der Waals surface area contributed by atoms with Crippen LogP contribution in [0.15, 0.2) is 55.0 Å². The number of nitrogens with zero attached hydrogens (tertiary/aromatic N) is 6. The van der Waals surface area contributed by atoms with Gasteiger partial charge in [-0.25, -0.2) is 28.4 Å². The molecule has 4 aromatic rings. The Hall–Kier alpha value is -4.45. The average Bonchev–Trinajstić information content (AvgIpc) is 3.28. The fourth-order valence-corrected chi connectivity index (χ4v) is 5.64. The molecule has 0 radical (unpaired) electrons. The minimum atomic E-state index is -1.15. The SMILES string of the molecule is Cc1nn(-c2ncccn2)cc1C(=O)N1C[C@@H]2[C@H](C1)[C@H]2Oc1cc(C(C)(C)NC(=O)CCl)c(F)c(-c2ccc(F)cc2)n1. The lowest BCUT2D eigenvalue weighted by molar-refractivity contribution is -0.120. The number of carbonyl (C=O) groups is 2. The summed E-state index contributed by atoms with van der Waals surface area (Å²) in [5, 5.41) is 7.12. The van der Waals surface area contributed by atoms with E-state index in [-0.39, 0.29) is 46.9 Å². The summed E-state index contributed by atoms with van der Waals surface area (Å²) >= 11 is 5.68. The van der Waals surface area contributed by atoms with Gasteiger partial charge in [0.15, 0.2) is 5.82 Å². The maximum absolute atomic E-state index is 15.9. The number of amides is 2. The van der Waals surface area contributed by atoms with Gasteiger partial charge in [0.1, 0.15) is 23.5 Å². The molecule has 10 nitrogen and oxygen atoms in total. The van der Waals surface area contributed by atoms with Gasteiger partial charge in [0.05, 0.1) is 16.8 Å². The molecule has 0 unspecified atom stereocenters. The fourth-order valence-electron chi connectivity index (χ4n) is 5.57. The van der Waals surface area contributed by atoms with E-state index in [0.29, 0.717) is 35.9 Å². The number of nitrogens with one attached hydrogen (secondary N) is 1. The number of piperidine rings is 1. The van der Waals surface area contributed by atoms with E-state index < -0.39 is 23.1 Å². The van der Waals surface area contributed by atoms with E-state index in [1.165, 1.54) is 35.0 Å². The third-order valence-electron chi connectivity index (χ3n) is 7.84. The highest BCUT2D eigenvalue weighted by atomic mass is 35.5. The molecule has 1 N–H and O–H groups in total. The first-order chi connectivity index (χ1) is 20.6. The summed E-state index contributed by atoms with van der Waals surface area (Å²) in [6.07, 6.45) is 4.62. The molecule has 3 aromatic heterocycles. The van der Waals surface area contributed by atoms with Gasteiger partial charge in [-0.05, 0) is 51.1 Å². The molecule has 1 aliphatic heterocycles. The summed E-state index contributed by atoms with van der Waals surface area (Å²) in [5.41, 5.74) is 0.370. The van der Waals surface area contributed by atoms with Crippen LogP contribution >= 0.6 is 11.6 Å². The zero-order valence-corrected chi connectivity index (χ0v) is 24.3. The molecular formula is C30H28ClF2N7O3. The van der Waals surface area contributed by atoms with Crippen LogP contribution in [0.5, 0.6) is 5.88 Å². The van der Waals surface area contributed by atoms with E-state index in [0.717, 1.165) is 0 Å². The summed E-state index contributed by atoms with van der Waals surface area (Å²) in [6.45, 7) is 6.03. The van der Waals surface area contributed by atoms with Crippen molar-refractivity contribution in [3.63, 3.8) is 0 Å². The highest BCUT2D eigenvalue weighted by Gasteiger charge is 2.59. The second kappa shape index (κ2) is 11.0. The van der Waals surface area contributed by atoms with Gasteiger partial charge in [-0.3, -0.25) is 9.59 Å². The number of halogens is 3. The monoisotopic (exact) mass is 607 g/mol. The van der Waals surface area contributed by atoms with Gasteiger partial charge >= 0.3 is 0 Å². The van der Waals surface area contributed by atoms with Crippen LogP contribution in [-0.2, 0) is 10.3 Å². The Labute approximate surface area is 251 Å².